The van der Waals surface area contributed by atoms with Crippen molar-refractivity contribution in [2.45, 2.75) is 58.3 Å². The molecular weight excluding hydrogens is 535 g/mol. The Labute approximate surface area is 247 Å². The summed E-state index contributed by atoms with van der Waals surface area (Å²) in [5.74, 6) is 0. The number of unbranched alkanes of at least 4 members (excludes halogenated alkanes) is 7. The first kappa shape index (κ1) is 28.2. The fourth-order valence-corrected chi connectivity index (χ4v) is 5.33. The Bertz CT molecular complexity index is 1570. The second-order valence-corrected chi connectivity index (χ2v) is 11.1. The lowest BCUT2D eigenvalue weighted by molar-refractivity contribution is 0.577. The van der Waals surface area contributed by atoms with Gasteiger partial charge in [0.25, 0.3) is 0 Å². The Morgan fingerprint density at radius 1 is 0.750 bits per heavy atom. The van der Waals surface area contributed by atoms with Crippen LogP contribution in [0.2, 0.25) is 10.0 Å². The van der Waals surface area contributed by atoms with Crippen LogP contribution >= 0.6 is 23.2 Å². The molecule has 1 N–H and O–H groups in total. The molecule has 5 rings (SSSR count). The normalized spacial score (nSPS) is 11.9. The van der Waals surface area contributed by atoms with E-state index in [1.807, 2.05) is 66.7 Å². The Morgan fingerprint density at radius 3 is 2.12 bits per heavy atom. The average molecular weight is 572 g/mol. The van der Waals surface area contributed by atoms with E-state index < -0.39 is 0 Å². The molecule has 0 saturated heterocycles. The van der Waals surface area contributed by atoms with Gasteiger partial charge < -0.3 is 9.88 Å². The van der Waals surface area contributed by atoms with Gasteiger partial charge in [-0.15, -0.1) is 0 Å². The molecule has 0 radical (unpaired) electrons. The number of aromatic nitrogens is 2. The van der Waals surface area contributed by atoms with Gasteiger partial charge in [-0.25, -0.2) is 4.98 Å². The van der Waals surface area contributed by atoms with Crippen molar-refractivity contribution in [1.82, 2.24) is 9.55 Å². The van der Waals surface area contributed by atoms with Crippen molar-refractivity contribution in [3.05, 3.63) is 100 Å². The molecule has 0 bridgehead atoms. The van der Waals surface area contributed by atoms with E-state index in [1.54, 1.807) is 0 Å². The molecule has 1 aliphatic carbocycles. The summed E-state index contributed by atoms with van der Waals surface area (Å²) >= 11 is 12.4. The molecule has 1 heterocycles. The number of halogens is 2. The third-order valence-corrected chi connectivity index (χ3v) is 7.70. The quantitative estimate of drug-likeness (QED) is 0.120. The lowest BCUT2D eigenvalue weighted by atomic mass is 10.1. The van der Waals surface area contributed by atoms with Crippen LogP contribution in [0.5, 0.6) is 0 Å². The van der Waals surface area contributed by atoms with Crippen LogP contribution in [0.3, 0.4) is 0 Å². The molecule has 3 aromatic carbocycles. The highest BCUT2D eigenvalue weighted by Crippen LogP contribution is 2.31. The summed E-state index contributed by atoms with van der Waals surface area (Å²) in [6, 6.07) is 28.2. The molecule has 4 nitrogen and oxygen atoms in total. The van der Waals surface area contributed by atoms with Crippen molar-refractivity contribution in [1.29, 1.82) is 0 Å². The molecule has 3 aromatic rings. The summed E-state index contributed by atoms with van der Waals surface area (Å²) in [5.41, 5.74) is 6.75. The van der Waals surface area contributed by atoms with Crippen LogP contribution in [-0.4, -0.2) is 16.1 Å². The maximum absolute atomic E-state index is 6.24. The molecule has 0 atom stereocenters. The van der Waals surface area contributed by atoms with Gasteiger partial charge in [-0.1, -0.05) is 87.2 Å². The van der Waals surface area contributed by atoms with E-state index >= 15 is 0 Å². The van der Waals surface area contributed by atoms with Crippen LogP contribution in [0.1, 0.15) is 58.3 Å². The lowest BCUT2D eigenvalue weighted by Gasteiger charge is -2.20. The second kappa shape index (κ2) is 13.8. The van der Waals surface area contributed by atoms with Gasteiger partial charge in [0.15, 0.2) is 0 Å². The summed E-state index contributed by atoms with van der Waals surface area (Å²) in [6.45, 7) is 3.05. The number of para-hydroxylation sites is 2. The Morgan fingerprint density at radius 2 is 1.40 bits per heavy atom. The zero-order chi connectivity index (χ0) is 27.7. The predicted molar refractivity (Wildman–Crippen MR) is 170 cm³/mol. The minimum atomic E-state index is 0.709. The number of anilines is 2. The number of fused-ring (bicyclic) bond motifs is 2. The Balaban J connectivity index is 1.53. The van der Waals surface area contributed by atoms with Crippen LogP contribution in [-0.2, 0) is 0 Å². The number of hydrogen-bond donors (Lipinski definition) is 1. The predicted octanol–water partition coefficient (Wildman–Crippen LogP) is 10.2. The van der Waals surface area contributed by atoms with Crippen molar-refractivity contribution in [3.63, 3.8) is 0 Å². The smallest absolute Gasteiger partial charge is 0.0900 e. The standard InChI is InChI=1S/C34H36Cl2N4/c1-2-3-4-5-6-7-8-11-22-37-30-24-34-32(23-31(30)38-27-18-14-25(35)15-19-27)39-29-12-9-10-13-33(29)40(34)28-20-16-26(36)17-21-28/h9-10,12-21,23-24,38H,2-8,11,22H2,1H3. The van der Waals surface area contributed by atoms with Crippen molar-refractivity contribution in [2.75, 3.05) is 11.9 Å². The number of nitrogens with one attached hydrogen (secondary N) is 1. The summed E-state index contributed by atoms with van der Waals surface area (Å²) < 4.78 is 2.25. The lowest BCUT2D eigenvalue weighted by Crippen LogP contribution is -2.15. The monoisotopic (exact) mass is 570 g/mol. The van der Waals surface area contributed by atoms with Crippen LogP contribution < -0.4 is 10.7 Å². The third-order valence-electron chi connectivity index (χ3n) is 7.20. The minimum Gasteiger partial charge on any atom is -0.354 e. The number of hydrogen-bond acceptors (Lipinski definition) is 3. The second-order valence-electron chi connectivity index (χ2n) is 10.3. The molecular formula is C34H36Cl2N4. The first-order valence-corrected chi connectivity index (χ1v) is 15.1. The molecule has 2 aliphatic rings. The molecule has 206 valence electrons. The number of nitrogens with zero attached hydrogens (tertiary/aromatic N) is 3. The topological polar surface area (TPSA) is 42.2 Å². The number of benzene rings is 4. The van der Waals surface area contributed by atoms with Crippen LogP contribution in [0, 0.1) is 0 Å². The molecule has 0 fully saturated rings. The van der Waals surface area contributed by atoms with E-state index in [1.165, 1.54) is 44.9 Å². The summed E-state index contributed by atoms with van der Waals surface area (Å²) in [7, 11) is 0. The van der Waals surface area contributed by atoms with E-state index in [0.717, 1.165) is 57.8 Å². The summed E-state index contributed by atoms with van der Waals surface area (Å²) in [4.78, 5) is 10.1. The fraction of sp³-hybridized carbons (Fsp3) is 0.294. The van der Waals surface area contributed by atoms with Gasteiger partial charge in [0.05, 0.1) is 33.5 Å². The van der Waals surface area contributed by atoms with Crippen LogP contribution in [0.15, 0.2) is 89.9 Å². The molecule has 0 saturated carbocycles. The highest BCUT2D eigenvalue weighted by Gasteiger charge is 2.16. The fourth-order valence-electron chi connectivity index (χ4n) is 5.07. The average Bonchev–Trinajstić information content (AvgIpc) is 2.97. The van der Waals surface area contributed by atoms with Crippen molar-refractivity contribution in [2.24, 2.45) is 4.99 Å². The van der Waals surface area contributed by atoms with Gasteiger partial charge in [0.2, 0.25) is 0 Å². The van der Waals surface area contributed by atoms with Gasteiger partial charge in [-0.3, -0.25) is 4.99 Å². The van der Waals surface area contributed by atoms with Gasteiger partial charge in [-0.2, -0.15) is 0 Å². The van der Waals surface area contributed by atoms with E-state index in [9.17, 15) is 0 Å². The molecule has 0 unspecified atom stereocenters. The SMILES string of the molecule is CCCCCCCCCCN=c1cc2n(-c3ccc(Cl)cc3)c3ccccc3nc-2cc1Nc1ccc(Cl)cc1. The van der Waals surface area contributed by atoms with E-state index in [-0.39, 0.29) is 0 Å². The maximum Gasteiger partial charge on any atom is 0.0900 e. The highest BCUT2D eigenvalue weighted by atomic mass is 35.5. The Kier molecular flexibility index (Phi) is 9.75. The van der Waals surface area contributed by atoms with Crippen LogP contribution in [0.4, 0.5) is 11.4 Å². The largest absolute Gasteiger partial charge is 0.354 e. The van der Waals surface area contributed by atoms with E-state index in [0.29, 0.717) is 10.0 Å². The molecule has 1 aliphatic heterocycles. The van der Waals surface area contributed by atoms with Crippen molar-refractivity contribution < 1.29 is 0 Å². The first-order valence-electron chi connectivity index (χ1n) is 14.4. The number of rotatable bonds is 12. The zero-order valence-corrected chi connectivity index (χ0v) is 24.6. The summed E-state index contributed by atoms with van der Waals surface area (Å²) in [6.07, 6.45) is 10.2. The summed E-state index contributed by atoms with van der Waals surface area (Å²) in [5, 5.41) is 5.91. The highest BCUT2D eigenvalue weighted by molar-refractivity contribution is 6.30. The zero-order valence-electron chi connectivity index (χ0n) is 23.0. The van der Waals surface area contributed by atoms with Gasteiger partial charge in [-0.05, 0) is 79.2 Å². The maximum atomic E-state index is 6.24. The molecule has 0 amide bonds. The molecule has 40 heavy (non-hydrogen) atoms. The minimum absolute atomic E-state index is 0.709. The van der Waals surface area contributed by atoms with E-state index in [2.05, 4.69) is 35.0 Å². The molecule has 0 spiro atoms. The third kappa shape index (κ3) is 7.04. The Hall–Kier alpha value is -3.34. The van der Waals surface area contributed by atoms with Gasteiger partial charge in [0, 0.05) is 28.0 Å². The molecule has 6 heteroatoms. The van der Waals surface area contributed by atoms with Gasteiger partial charge >= 0.3 is 0 Å². The van der Waals surface area contributed by atoms with Gasteiger partial charge in [0.1, 0.15) is 0 Å². The van der Waals surface area contributed by atoms with Crippen LogP contribution in [0.25, 0.3) is 28.1 Å². The van der Waals surface area contributed by atoms with E-state index in [4.69, 9.17) is 33.2 Å². The first-order chi connectivity index (χ1) is 19.6. The van der Waals surface area contributed by atoms with Crippen molar-refractivity contribution >= 4 is 45.6 Å². The molecule has 0 aromatic heterocycles. The van der Waals surface area contributed by atoms with Crippen molar-refractivity contribution in [3.8, 4) is 17.1 Å².